The zero-order valence-electron chi connectivity index (χ0n) is 22.8. The predicted molar refractivity (Wildman–Crippen MR) is 159 cm³/mol. The summed E-state index contributed by atoms with van der Waals surface area (Å²) in [5, 5.41) is 7.22. The second-order valence-corrected chi connectivity index (χ2v) is 10.3. The quantitative estimate of drug-likeness (QED) is 0.278. The number of amides is 1. The molecule has 0 radical (unpaired) electrons. The van der Waals surface area contributed by atoms with Crippen LogP contribution >= 0.6 is 12.2 Å². The highest BCUT2D eigenvalue weighted by Gasteiger charge is 2.41. The third-order valence-corrected chi connectivity index (χ3v) is 7.78. The summed E-state index contributed by atoms with van der Waals surface area (Å²) in [7, 11) is 0. The number of aromatic nitrogens is 3. The van der Waals surface area contributed by atoms with Gasteiger partial charge in [-0.05, 0) is 86.4 Å². The number of para-hydroxylation sites is 1. The number of carbonyl (C=O) groups is 1. The van der Waals surface area contributed by atoms with Crippen molar-refractivity contribution in [1.82, 2.24) is 24.8 Å². The fourth-order valence-electron chi connectivity index (χ4n) is 5.49. The number of rotatable bonds is 8. The average molecular weight is 539 g/mol. The van der Waals surface area contributed by atoms with E-state index in [-0.39, 0.29) is 18.0 Å². The third-order valence-electron chi connectivity index (χ3n) is 7.43. The molecule has 1 fully saturated rings. The Morgan fingerprint density at radius 1 is 1.03 bits per heavy atom. The zero-order chi connectivity index (χ0) is 27.5. The average Bonchev–Trinajstić information content (AvgIpc) is 3.42. The second kappa shape index (κ2) is 11.4. The van der Waals surface area contributed by atoms with E-state index in [9.17, 15) is 4.79 Å². The molecule has 1 saturated heterocycles. The lowest BCUT2D eigenvalue weighted by Gasteiger charge is -2.28. The van der Waals surface area contributed by atoms with Gasteiger partial charge in [-0.1, -0.05) is 37.3 Å². The van der Waals surface area contributed by atoms with Crippen molar-refractivity contribution in [2.24, 2.45) is 0 Å². The van der Waals surface area contributed by atoms with Crippen LogP contribution in [0.5, 0.6) is 0 Å². The molecule has 7 nitrogen and oxygen atoms in total. The maximum Gasteiger partial charge on any atom is 0.226 e. The highest BCUT2D eigenvalue weighted by Crippen LogP contribution is 2.41. The standard InChI is InChI=1S/C31H34N6OS/c1-5-23-12-6-7-13-25(23)34-27(38)15-18-36-29(28(35-31(36)39)26-14-8-9-16-32-26)24-19-21(3)37(22(24)4)30-20(2)11-10-17-33-30/h6-14,16-17,19,28-29H,5,15,18H2,1-4H3,(H,34,38)(H,35,39)/t28-,29+/m0/s1. The lowest BCUT2D eigenvalue weighted by Crippen LogP contribution is -2.33. The van der Waals surface area contributed by atoms with Gasteiger partial charge in [0.2, 0.25) is 5.91 Å². The summed E-state index contributed by atoms with van der Waals surface area (Å²) in [5.74, 6) is 0.885. The molecule has 200 valence electrons. The topological polar surface area (TPSA) is 75.1 Å². The normalized spacial score (nSPS) is 16.8. The first-order valence-electron chi connectivity index (χ1n) is 13.4. The molecule has 0 bridgehead atoms. The van der Waals surface area contributed by atoms with E-state index in [1.165, 1.54) is 0 Å². The van der Waals surface area contributed by atoms with Crippen LogP contribution in [-0.2, 0) is 11.2 Å². The minimum Gasteiger partial charge on any atom is -0.352 e. The molecular weight excluding hydrogens is 504 g/mol. The first kappa shape index (κ1) is 26.6. The van der Waals surface area contributed by atoms with Crippen molar-refractivity contribution >= 4 is 28.9 Å². The first-order chi connectivity index (χ1) is 18.9. The summed E-state index contributed by atoms with van der Waals surface area (Å²) in [4.78, 5) is 24.5. The molecule has 8 heteroatoms. The van der Waals surface area contributed by atoms with Gasteiger partial charge < -0.3 is 20.1 Å². The molecule has 0 unspecified atom stereocenters. The number of aryl methyl sites for hydroxylation is 3. The van der Waals surface area contributed by atoms with Gasteiger partial charge >= 0.3 is 0 Å². The Morgan fingerprint density at radius 2 is 1.79 bits per heavy atom. The van der Waals surface area contributed by atoms with Gasteiger partial charge in [-0.2, -0.15) is 0 Å². The Hall–Kier alpha value is -4.04. The van der Waals surface area contributed by atoms with Crippen molar-refractivity contribution in [3.63, 3.8) is 0 Å². The Kier molecular flexibility index (Phi) is 7.74. The van der Waals surface area contributed by atoms with Gasteiger partial charge in [0.15, 0.2) is 5.11 Å². The molecule has 4 aromatic rings. The van der Waals surface area contributed by atoms with Crippen LogP contribution in [0.3, 0.4) is 0 Å². The molecule has 0 saturated carbocycles. The number of carbonyl (C=O) groups excluding carboxylic acids is 1. The molecule has 1 aliphatic rings. The molecule has 2 atom stereocenters. The number of anilines is 1. The van der Waals surface area contributed by atoms with Crippen LogP contribution in [-0.4, -0.2) is 37.0 Å². The van der Waals surface area contributed by atoms with E-state index in [0.29, 0.717) is 18.1 Å². The van der Waals surface area contributed by atoms with Crippen LogP contribution in [0.1, 0.15) is 59.2 Å². The highest BCUT2D eigenvalue weighted by molar-refractivity contribution is 7.80. The van der Waals surface area contributed by atoms with Gasteiger partial charge in [-0.3, -0.25) is 9.78 Å². The maximum absolute atomic E-state index is 13.1. The SMILES string of the molecule is CCc1ccccc1NC(=O)CCN1C(=S)N[C@@H](c2ccccn2)[C@H]1c1cc(C)n(-c2ncccc2C)c1C. The second-order valence-electron chi connectivity index (χ2n) is 9.93. The Bertz CT molecular complexity index is 1500. The lowest BCUT2D eigenvalue weighted by molar-refractivity contribution is -0.116. The molecule has 0 spiro atoms. The van der Waals surface area contributed by atoms with Crippen LogP contribution in [0, 0.1) is 20.8 Å². The van der Waals surface area contributed by atoms with Crippen molar-refractivity contribution in [3.05, 3.63) is 107 Å². The monoisotopic (exact) mass is 538 g/mol. The smallest absolute Gasteiger partial charge is 0.226 e. The van der Waals surface area contributed by atoms with Gasteiger partial charge in [0, 0.05) is 42.4 Å². The van der Waals surface area contributed by atoms with Gasteiger partial charge in [0.1, 0.15) is 5.82 Å². The van der Waals surface area contributed by atoms with Crippen LogP contribution in [0.15, 0.2) is 73.1 Å². The molecule has 2 N–H and O–H groups in total. The zero-order valence-corrected chi connectivity index (χ0v) is 23.6. The van der Waals surface area contributed by atoms with E-state index in [4.69, 9.17) is 12.2 Å². The summed E-state index contributed by atoms with van der Waals surface area (Å²) in [6.45, 7) is 8.87. The van der Waals surface area contributed by atoms with E-state index in [1.807, 2.05) is 54.7 Å². The van der Waals surface area contributed by atoms with Crippen molar-refractivity contribution in [2.75, 3.05) is 11.9 Å². The van der Waals surface area contributed by atoms with Crippen molar-refractivity contribution in [1.29, 1.82) is 0 Å². The predicted octanol–water partition coefficient (Wildman–Crippen LogP) is 5.76. The fourth-order valence-corrected chi connectivity index (χ4v) is 5.83. The number of pyridine rings is 2. The maximum atomic E-state index is 13.1. The van der Waals surface area contributed by atoms with E-state index in [2.05, 4.69) is 69.9 Å². The van der Waals surface area contributed by atoms with Crippen LogP contribution in [0.2, 0.25) is 0 Å². The van der Waals surface area contributed by atoms with Crippen LogP contribution in [0.25, 0.3) is 5.82 Å². The van der Waals surface area contributed by atoms with Gasteiger partial charge in [0.25, 0.3) is 0 Å². The number of benzene rings is 1. The number of nitrogens with one attached hydrogen (secondary N) is 2. The van der Waals surface area contributed by atoms with Gasteiger partial charge in [0.05, 0.1) is 17.8 Å². The Balaban J connectivity index is 1.47. The number of nitrogens with zero attached hydrogens (tertiary/aromatic N) is 4. The number of hydrogen-bond acceptors (Lipinski definition) is 4. The van der Waals surface area contributed by atoms with E-state index < -0.39 is 0 Å². The fraction of sp³-hybridized carbons (Fsp3) is 0.290. The summed E-state index contributed by atoms with van der Waals surface area (Å²) < 4.78 is 2.20. The molecular formula is C31H34N6OS. The van der Waals surface area contributed by atoms with Gasteiger partial charge in [-0.15, -0.1) is 0 Å². The molecule has 3 aromatic heterocycles. The number of thiocarbonyl (C=S) groups is 1. The summed E-state index contributed by atoms with van der Waals surface area (Å²) in [6, 6.07) is 19.8. The Morgan fingerprint density at radius 3 is 2.54 bits per heavy atom. The molecule has 4 heterocycles. The van der Waals surface area contributed by atoms with E-state index >= 15 is 0 Å². The number of hydrogen-bond donors (Lipinski definition) is 2. The minimum atomic E-state index is -0.152. The molecule has 0 aliphatic carbocycles. The van der Waals surface area contributed by atoms with Crippen molar-refractivity contribution in [3.8, 4) is 5.82 Å². The Labute approximate surface area is 235 Å². The summed E-state index contributed by atoms with van der Waals surface area (Å²) in [6.07, 6.45) is 4.80. The van der Waals surface area contributed by atoms with Gasteiger partial charge in [-0.25, -0.2) is 4.98 Å². The lowest BCUT2D eigenvalue weighted by atomic mass is 9.96. The largest absolute Gasteiger partial charge is 0.352 e. The summed E-state index contributed by atoms with van der Waals surface area (Å²) in [5.41, 5.74) is 7.32. The van der Waals surface area contributed by atoms with Crippen molar-refractivity contribution in [2.45, 2.75) is 52.6 Å². The molecule has 39 heavy (non-hydrogen) atoms. The molecule has 5 rings (SSSR count). The van der Waals surface area contributed by atoms with Crippen LogP contribution in [0.4, 0.5) is 5.69 Å². The summed E-state index contributed by atoms with van der Waals surface area (Å²) >= 11 is 5.85. The van der Waals surface area contributed by atoms with Crippen LogP contribution < -0.4 is 10.6 Å². The van der Waals surface area contributed by atoms with E-state index in [0.717, 1.165) is 51.7 Å². The molecule has 1 aromatic carbocycles. The van der Waals surface area contributed by atoms with E-state index in [1.54, 1.807) is 6.20 Å². The third kappa shape index (κ3) is 5.29. The van der Waals surface area contributed by atoms with Crippen molar-refractivity contribution < 1.29 is 4.79 Å². The molecule has 1 amide bonds. The first-order valence-corrected chi connectivity index (χ1v) is 13.8. The highest BCUT2D eigenvalue weighted by atomic mass is 32.1. The molecule has 1 aliphatic heterocycles. The minimum absolute atomic E-state index is 0.0340.